The Kier molecular flexibility index (Phi) is 16.3. The van der Waals surface area contributed by atoms with Crippen LogP contribution in [0.5, 0.6) is 11.5 Å². The van der Waals surface area contributed by atoms with Gasteiger partial charge in [-0.25, -0.2) is 4.79 Å². The molecule has 18 heteroatoms. The van der Waals surface area contributed by atoms with E-state index in [-0.39, 0.29) is 36.7 Å². The molecule has 0 aromatic heterocycles. The Morgan fingerprint density at radius 1 is 0.647 bits per heavy atom. The van der Waals surface area contributed by atoms with Crippen molar-refractivity contribution in [3.63, 3.8) is 0 Å². The van der Waals surface area contributed by atoms with Crippen LogP contribution in [0.15, 0.2) is 48.5 Å². The number of nitrogens with one attached hydrogen (secondary N) is 5. The maximum atomic E-state index is 13.6. The Morgan fingerprint density at radius 3 is 1.57 bits per heavy atom. The van der Waals surface area contributed by atoms with Crippen LogP contribution >= 0.6 is 0 Å². The Labute approximate surface area is 292 Å². The second-order valence-electron chi connectivity index (χ2n) is 12.1. The van der Waals surface area contributed by atoms with Crippen LogP contribution in [0.1, 0.15) is 37.8 Å². The first-order valence-corrected chi connectivity index (χ1v) is 15.8. The van der Waals surface area contributed by atoms with Gasteiger partial charge in [0.15, 0.2) is 0 Å². The zero-order chi connectivity index (χ0) is 38.2. The number of aliphatic carboxylic acids is 2. The molecule has 0 aliphatic rings. The lowest BCUT2D eigenvalue weighted by atomic mass is 10.00. The van der Waals surface area contributed by atoms with Crippen molar-refractivity contribution in [2.75, 3.05) is 13.2 Å². The molecule has 5 amide bonds. The molecule has 12 N–H and O–H groups in total. The molecule has 5 atom stereocenters. The highest BCUT2D eigenvalue weighted by molar-refractivity contribution is 5.96. The average Bonchev–Trinajstić information content (AvgIpc) is 3.06. The Balaban J connectivity index is 2.27. The second kappa shape index (κ2) is 20.1. The van der Waals surface area contributed by atoms with Gasteiger partial charge >= 0.3 is 11.9 Å². The number of phenols is 2. The van der Waals surface area contributed by atoms with E-state index in [2.05, 4.69) is 26.6 Å². The zero-order valence-corrected chi connectivity index (χ0v) is 28.0. The van der Waals surface area contributed by atoms with E-state index in [1.54, 1.807) is 13.8 Å². The minimum atomic E-state index is -1.76. The van der Waals surface area contributed by atoms with Gasteiger partial charge in [-0.05, 0) is 47.7 Å². The molecule has 2 aromatic carbocycles. The van der Waals surface area contributed by atoms with Gasteiger partial charge in [0.25, 0.3) is 0 Å². The Morgan fingerprint density at radius 2 is 1.10 bits per heavy atom. The molecule has 0 radical (unpaired) electrons. The van der Waals surface area contributed by atoms with Crippen molar-refractivity contribution in [1.29, 1.82) is 0 Å². The van der Waals surface area contributed by atoms with Gasteiger partial charge in [-0.2, -0.15) is 0 Å². The van der Waals surface area contributed by atoms with Crippen molar-refractivity contribution in [3.05, 3.63) is 59.7 Å². The number of nitrogens with two attached hydrogens (primary N) is 1. The number of aromatic hydroxyl groups is 2. The number of aliphatic hydroxyl groups excluding tert-OH is 1. The van der Waals surface area contributed by atoms with Gasteiger partial charge in [-0.1, -0.05) is 38.1 Å². The molecule has 2 rings (SSSR count). The molecule has 51 heavy (non-hydrogen) atoms. The van der Waals surface area contributed by atoms with Crippen LogP contribution < -0.4 is 32.3 Å². The number of phenolic OH excluding ortho intramolecular Hbond substituents is 2. The molecule has 0 heterocycles. The molecule has 0 aliphatic heterocycles. The highest BCUT2D eigenvalue weighted by Crippen LogP contribution is 2.14. The Bertz CT molecular complexity index is 1530. The molecule has 0 aliphatic carbocycles. The van der Waals surface area contributed by atoms with Crippen LogP contribution in [0, 0.1) is 5.92 Å². The van der Waals surface area contributed by atoms with E-state index < -0.39 is 91.3 Å². The number of aliphatic hydroxyl groups is 1. The molecule has 0 unspecified atom stereocenters. The first-order valence-electron chi connectivity index (χ1n) is 15.8. The third-order valence-electron chi connectivity index (χ3n) is 7.33. The lowest BCUT2D eigenvalue weighted by molar-refractivity contribution is -0.143. The zero-order valence-electron chi connectivity index (χ0n) is 28.0. The Hall–Kier alpha value is -5.75. The lowest BCUT2D eigenvalue weighted by Gasteiger charge is -2.26. The van der Waals surface area contributed by atoms with Gasteiger partial charge in [0.2, 0.25) is 29.5 Å². The standard InChI is InChI=1S/C33H44N6O12/c1-17(2)11-23(30(47)38-25(14-28(44)45)32(49)39-26(33(50)51)13-19-5-9-21(42)10-6-19)37-31(48)24(12-18-3-7-20(41)8-4-18)36-27(43)15-35-29(46)22(34)16-40/h3-10,17,22-26,40-42H,11-16,34H2,1-2H3,(H,35,46)(H,36,43)(H,37,48)(H,38,47)(H,39,49)(H,44,45)(H,50,51)/t22-,23-,24-,25-,26-/m0/s1. The molecular weight excluding hydrogens is 672 g/mol. The topological polar surface area (TPSA) is 307 Å². The van der Waals surface area contributed by atoms with E-state index in [0.29, 0.717) is 11.1 Å². The third-order valence-corrected chi connectivity index (χ3v) is 7.33. The molecule has 0 bridgehead atoms. The summed E-state index contributed by atoms with van der Waals surface area (Å²) in [6, 6.07) is 3.91. The summed E-state index contributed by atoms with van der Waals surface area (Å²) in [5, 5.41) is 59.1. The second-order valence-corrected chi connectivity index (χ2v) is 12.1. The highest BCUT2D eigenvalue weighted by Gasteiger charge is 2.33. The summed E-state index contributed by atoms with van der Waals surface area (Å²) in [6.07, 6.45) is -1.31. The highest BCUT2D eigenvalue weighted by atomic mass is 16.4. The predicted octanol–water partition coefficient (Wildman–Crippen LogP) is -2.14. The monoisotopic (exact) mass is 716 g/mol. The summed E-state index contributed by atoms with van der Waals surface area (Å²) in [5.74, 6) is -7.89. The van der Waals surface area contributed by atoms with Crippen LogP contribution in [0.2, 0.25) is 0 Å². The minimum Gasteiger partial charge on any atom is -0.508 e. The van der Waals surface area contributed by atoms with Crippen LogP contribution in [0.25, 0.3) is 0 Å². The number of hydrogen-bond acceptors (Lipinski definition) is 11. The van der Waals surface area contributed by atoms with Crippen molar-refractivity contribution in [2.24, 2.45) is 11.7 Å². The van der Waals surface area contributed by atoms with Crippen LogP contribution in [0.4, 0.5) is 0 Å². The number of hydrogen-bond donors (Lipinski definition) is 11. The fourth-order valence-electron chi connectivity index (χ4n) is 4.68. The molecule has 18 nitrogen and oxygen atoms in total. The van der Waals surface area contributed by atoms with Gasteiger partial charge in [-0.15, -0.1) is 0 Å². The van der Waals surface area contributed by atoms with E-state index in [1.807, 2.05) is 0 Å². The number of carboxylic acid groups (broad SMARTS) is 2. The SMILES string of the molecule is CC(C)C[C@H](NC(=O)[C@H](Cc1ccc(O)cc1)NC(=O)CNC(=O)[C@@H](N)CO)C(=O)N[C@@H](CC(=O)O)C(=O)N[C@@H](Cc1ccc(O)cc1)C(=O)O. The predicted molar refractivity (Wildman–Crippen MR) is 179 cm³/mol. The molecule has 0 spiro atoms. The first-order chi connectivity index (χ1) is 24.0. The number of benzene rings is 2. The van der Waals surface area contributed by atoms with E-state index in [0.717, 1.165) is 0 Å². The fourth-order valence-corrected chi connectivity index (χ4v) is 4.68. The lowest BCUT2D eigenvalue weighted by Crippen LogP contribution is -2.59. The first kappa shape index (κ1) is 41.4. The van der Waals surface area contributed by atoms with Crippen molar-refractivity contribution < 1.29 is 59.1 Å². The maximum absolute atomic E-state index is 13.6. The van der Waals surface area contributed by atoms with Gasteiger partial charge in [0, 0.05) is 12.8 Å². The third kappa shape index (κ3) is 14.7. The van der Waals surface area contributed by atoms with Crippen LogP contribution in [-0.2, 0) is 46.4 Å². The fraction of sp³-hybridized carbons (Fsp3) is 0.424. The smallest absolute Gasteiger partial charge is 0.326 e. The normalized spacial score (nSPS) is 13.8. The van der Waals surface area contributed by atoms with Gasteiger partial charge in [0.1, 0.15) is 41.7 Å². The van der Waals surface area contributed by atoms with E-state index in [1.165, 1.54) is 48.5 Å². The number of rotatable bonds is 20. The molecule has 2 aromatic rings. The summed E-state index contributed by atoms with van der Waals surface area (Å²) in [5.41, 5.74) is 6.36. The van der Waals surface area contributed by atoms with Crippen molar-refractivity contribution in [1.82, 2.24) is 26.6 Å². The molecule has 0 fully saturated rings. The molecule has 278 valence electrons. The van der Waals surface area contributed by atoms with E-state index in [4.69, 9.17) is 10.8 Å². The average molecular weight is 717 g/mol. The van der Waals surface area contributed by atoms with E-state index >= 15 is 0 Å². The van der Waals surface area contributed by atoms with Crippen molar-refractivity contribution in [3.8, 4) is 11.5 Å². The summed E-state index contributed by atoms with van der Waals surface area (Å²) in [7, 11) is 0. The van der Waals surface area contributed by atoms with Gasteiger partial charge in [-0.3, -0.25) is 28.8 Å². The summed E-state index contributed by atoms with van der Waals surface area (Å²) in [6.45, 7) is 2.17. The molecular formula is C33H44N6O12. The quantitative estimate of drug-likeness (QED) is 0.0698. The maximum Gasteiger partial charge on any atom is 0.326 e. The van der Waals surface area contributed by atoms with E-state index in [9.17, 15) is 54.0 Å². The number of amides is 5. The molecule has 0 saturated carbocycles. The number of carbonyl (C=O) groups excluding carboxylic acids is 5. The minimum absolute atomic E-state index is 0.00737. The van der Waals surface area contributed by atoms with Crippen LogP contribution in [0.3, 0.4) is 0 Å². The largest absolute Gasteiger partial charge is 0.508 e. The molecule has 0 saturated heterocycles. The van der Waals surface area contributed by atoms with Gasteiger partial charge < -0.3 is 57.9 Å². The number of carbonyl (C=O) groups is 7. The summed E-state index contributed by atoms with van der Waals surface area (Å²) in [4.78, 5) is 88.5. The summed E-state index contributed by atoms with van der Waals surface area (Å²) < 4.78 is 0. The van der Waals surface area contributed by atoms with Crippen molar-refractivity contribution in [2.45, 2.75) is 69.7 Å². The van der Waals surface area contributed by atoms with Crippen LogP contribution in [-0.4, -0.2) is 110 Å². The van der Waals surface area contributed by atoms with Gasteiger partial charge in [0.05, 0.1) is 19.6 Å². The summed E-state index contributed by atoms with van der Waals surface area (Å²) >= 11 is 0. The number of carboxylic acids is 2. The van der Waals surface area contributed by atoms with Crippen molar-refractivity contribution >= 4 is 41.5 Å².